The van der Waals surface area contributed by atoms with E-state index < -0.39 is 5.60 Å². The maximum absolute atomic E-state index is 5.69. The van der Waals surface area contributed by atoms with Crippen LogP contribution in [0, 0.1) is 0 Å². The molecule has 0 bridgehead atoms. The highest BCUT2D eigenvalue weighted by Crippen LogP contribution is 2.27. The SMILES string of the molecule is COC(C)(C)c1cnc(-c2ccccc2)o1. The maximum Gasteiger partial charge on any atom is 0.226 e. The molecule has 0 saturated carbocycles. The summed E-state index contributed by atoms with van der Waals surface area (Å²) in [5, 5.41) is 0. The molecule has 3 heteroatoms. The van der Waals surface area contributed by atoms with Crippen LogP contribution < -0.4 is 0 Å². The molecule has 0 fully saturated rings. The van der Waals surface area contributed by atoms with E-state index in [-0.39, 0.29) is 0 Å². The lowest BCUT2D eigenvalue weighted by molar-refractivity contribution is 0.00139. The topological polar surface area (TPSA) is 35.3 Å². The molecule has 0 unspecified atom stereocenters. The average molecular weight is 217 g/mol. The van der Waals surface area contributed by atoms with Gasteiger partial charge in [0.05, 0.1) is 6.20 Å². The lowest BCUT2D eigenvalue weighted by Crippen LogP contribution is -2.18. The Morgan fingerprint density at radius 3 is 2.50 bits per heavy atom. The quantitative estimate of drug-likeness (QED) is 0.791. The molecule has 0 N–H and O–H groups in total. The van der Waals surface area contributed by atoms with Gasteiger partial charge >= 0.3 is 0 Å². The summed E-state index contributed by atoms with van der Waals surface area (Å²) in [4.78, 5) is 4.25. The van der Waals surface area contributed by atoms with Crippen molar-refractivity contribution in [2.75, 3.05) is 7.11 Å². The zero-order valence-electron chi connectivity index (χ0n) is 9.73. The monoisotopic (exact) mass is 217 g/mol. The fourth-order valence-corrected chi connectivity index (χ4v) is 1.37. The average Bonchev–Trinajstić information content (AvgIpc) is 2.80. The molecule has 0 saturated heterocycles. The molecule has 0 amide bonds. The lowest BCUT2D eigenvalue weighted by Gasteiger charge is -2.18. The van der Waals surface area contributed by atoms with Crippen molar-refractivity contribution < 1.29 is 9.15 Å². The van der Waals surface area contributed by atoms with Gasteiger partial charge in [0.25, 0.3) is 0 Å². The maximum atomic E-state index is 5.69. The second-order valence-electron chi connectivity index (χ2n) is 4.11. The van der Waals surface area contributed by atoms with Crippen LogP contribution in [0.2, 0.25) is 0 Å². The fourth-order valence-electron chi connectivity index (χ4n) is 1.37. The summed E-state index contributed by atoms with van der Waals surface area (Å²) in [5.41, 5.74) is 0.528. The highest BCUT2D eigenvalue weighted by molar-refractivity contribution is 5.52. The summed E-state index contributed by atoms with van der Waals surface area (Å²) in [6, 6.07) is 9.82. The van der Waals surface area contributed by atoms with Crippen molar-refractivity contribution in [1.29, 1.82) is 0 Å². The molecule has 1 aromatic heterocycles. The van der Waals surface area contributed by atoms with E-state index in [0.717, 1.165) is 11.3 Å². The van der Waals surface area contributed by atoms with Crippen LogP contribution in [-0.4, -0.2) is 12.1 Å². The zero-order chi connectivity index (χ0) is 11.6. The van der Waals surface area contributed by atoms with Crippen molar-refractivity contribution in [1.82, 2.24) is 4.98 Å². The van der Waals surface area contributed by atoms with Gasteiger partial charge in [0.15, 0.2) is 5.76 Å². The Hall–Kier alpha value is -1.61. The van der Waals surface area contributed by atoms with Gasteiger partial charge in [-0.25, -0.2) is 4.98 Å². The van der Waals surface area contributed by atoms with Crippen molar-refractivity contribution in [3.8, 4) is 11.5 Å². The smallest absolute Gasteiger partial charge is 0.226 e. The molecule has 2 aromatic rings. The van der Waals surface area contributed by atoms with E-state index in [1.54, 1.807) is 13.3 Å². The van der Waals surface area contributed by atoms with E-state index in [0.29, 0.717) is 5.89 Å². The molecule has 3 nitrogen and oxygen atoms in total. The van der Waals surface area contributed by atoms with Gasteiger partial charge in [-0.05, 0) is 26.0 Å². The molecule has 0 aliphatic carbocycles. The number of nitrogens with zero attached hydrogens (tertiary/aromatic N) is 1. The standard InChI is InChI=1S/C13H15NO2/c1-13(2,15-3)11-9-14-12(16-11)10-7-5-4-6-8-10/h4-9H,1-3H3. The summed E-state index contributed by atoms with van der Waals surface area (Å²) in [6.45, 7) is 3.89. The second kappa shape index (κ2) is 4.10. The number of hydrogen-bond acceptors (Lipinski definition) is 3. The Kier molecular flexibility index (Phi) is 2.79. The first-order valence-electron chi connectivity index (χ1n) is 5.20. The van der Waals surface area contributed by atoms with Crippen LogP contribution in [0.1, 0.15) is 19.6 Å². The van der Waals surface area contributed by atoms with Gasteiger partial charge in [-0.1, -0.05) is 18.2 Å². The van der Waals surface area contributed by atoms with Gasteiger partial charge < -0.3 is 9.15 Å². The summed E-state index contributed by atoms with van der Waals surface area (Å²) in [6.07, 6.45) is 1.71. The van der Waals surface area contributed by atoms with Crippen molar-refractivity contribution in [3.63, 3.8) is 0 Å². The predicted octanol–water partition coefficient (Wildman–Crippen LogP) is 3.22. The van der Waals surface area contributed by atoms with E-state index in [1.807, 2.05) is 44.2 Å². The third-order valence-corrected chi connectivity index (χ3v) is 2.63. The molecule has 0 aliphatic rings. The number of methoxy groups -OCH3 is 1. The molecule has 0 radical (unpaired) electrons. The molecule has 1 heterocycles. The minimum Gasteiger partial charge on any atom is -0.438 e. The zero-order valence-corrected chi connectivity index (χ0v) is 9.73. The van der Waals surface area contributed by atoms with Crippen LogP contribution in [0.5, 0.6) is 0 Å². The number of benzene rings is 1. The summed E-state index contributed by atoms with van der Waals surface area (Å²) in [5.74, 6) is 1.36. The van der Waals surface area contributed by atoms with E-state index in [9.17, 15) is 0 Å². The number of rotatable bonds is 3. The first-order valence-corrected chi connectivity index (χ1v) is 5.20. The highest BCUT2D eigenvalue weighted by atomic mass is 16.5. The summed E-state index contributed by atoms with van der Waals surface area (Å²) < 4.78 is 11.0. The van der Waals surface area contributed by atoms with Crippen LogP contribution in [0.3, 0.4) is 0 Å². The van der Waals surface area contributed by atoms with Crippen LogP contribution in [-0.2, 0) is 10.3 Å². The van der Waals surface area contributed by atoms with Crippen molar-refractivity contribution >= 4 is 0 Å². The number of oxazole rings is 1. The van der Waals surface area contributed by atoms with Gasteiger partial charge in [0.1, 0.15) is 5.60 Å². The van der Waals surface area contributed by atoms with Crippen molar-refractivity contribution in [2.45, 2.75) is 19.4 Å². The highest BCUT2D eigenvalue weighted by Gasteiger charge is 2.24. The fraction of sp³-hybridized carbons (Fsp3) is 0.308. The lowest BCUT2D eigenvalue weighted by atomic mass is 10.1. The third-order valence-electron chi connectivity index (χ3n) is 2.63. The molecule has 16 heavy (non-hydrogen) atoms. The largest absolute Gasteiger partial charge is 0.438 e. The van der Waals surface area contributed by atoms with E-state index in [1.165, 1.54) is 0 Å². The van der Waals surface area contributed by atoms with Gasteiger partial charge in [-0.3, -0.25) is 0 Å². The minimum absolute atomic E-state index is 0.444. The molecular weight excluding hydrogens is 202 g/mol. The number of hydrogen-bond donors (Lipinski definition) is 0. The van der Waals surface area contributed by atoms with E-state index in [2.05, 4.69) is 4.98 Å². The minimum atomic E-state index is -0.444. The van der Waals surface area contributed by atoms with Crippen LogP contribution in [0.15, 0.2) is 40.9 Å². The first kappa shape index (κ1) is 10.9. The second-order valence-corrected chi connectivity index (χ2v) is 4.11. The molecule has 0 aliphatic heterocycles. The molecule has 2 rings (SSSR count). The summed E-state index contributed by atoms with van der Waals surface area (Å²) >= 11 is 0. The van der Waals surface area contributed by atoms with E-state index in [4.69, 9.17) is 9.15 Å². The van der Waals surface area contributed by atoms with Crippen LogP contribution >= 0.6 is 0 Å². The molecular formula is C13H15NO2. The van der Waals surface area contributed by atoms with E-state index >= 15 is 0 Å². The Balaban J connectivity index is 2.34. The Morgan fingerprint density at radius 2 is 1.88 bits per heavy atom. The summed E-state index contributed by atoms with van der Waals surface area (Å²) in [7, 11) is 1.66. The number of ether oxygens (including phenoxy) is 1. The Morgan fingerprint density at radius 1 is 1.19 bits per heavy atom. The Labute approximate surface area is 95.1 Å². The number of aromatic nitrogens is 1. The molecule has 0 spiro atoms. The van der Waals surface area contributed by atoms with Crippen LogP contribution in [0.4, 0.5) is 0 Å². The first-order chi connectivity index (χ1) is 7.63. The van der Waals surface area contributed by atoms with Gasteiger partial charge in [-0.15, -0.1) is 0 Å². The van der Waals surface area contributed by atoms with Crippen LogP contribution in [0.25, 0.3) is 11.5 Å². The predicted molar refractivity (Wildman–Crippen MR) is 62.0 cm³/mol. The molecule has 84 valence electrons. The normalized spacial score (nSPS) is 11.7. The third kappa shape index (κ3) is 1.99. The Bertz CT molecular complexity index is 460. The van der Waals surface area contributed by atoms with Crippen molar-refractivity contribution in [3.05, 3.63) is 42.3 Å². The van der Waals surface area contributed by atoms with Crippen molar-refractivity contribution in [2.24, 2.45) is 0 Å². The van der Waals surface area contributed by atoms with Gasteiger partial charge in [-0.2, -0.15) is 0 Å². The van der Waals surface area contributed by atoms with Gasteiger partial charge in [0, 0.05) is 12.7 Å². The molecule has 0 atom stereocenters. The van der Waals surface area contributed by atoms with Gasteiger partial charge in [0.2, 0.25) is 5.89 Å². The molecule has 1 aromatic carbocycles.